The number of para-hydroxylation sites is 2. The fraction of sp³-hybridized carbons (Fsp3) is 0.200. The molecule has 1 amide bonds. The number of hydrogen-bond donors (Lipinski definition) is 1. The number of hydrogen-bond acceptors (Lipinski definition) is 6. The molecular weight excluding hydrogens is 500 g/mol. The summed E-state index contributed by atoms with van der Waals surface area (Å²) in [4.78, 5) is 25.8. The number of aromatic nitrogens is 5. The van der Waals surface area contributed by atoms with E-state index in [-0.39, 0.29) is 29.5 Å². The van der Waals surface area contributed by atoms with Crippen molar-refractivity contribution in [3.63, 3.8) is 0 Å². The van der Waals surface area contributed by atoms with E-state index in [2.05, 4.69) is 22.1 Å². The van der Waals surface area contributed by atoms with Crippen molar-refractivity contribution in [3.05, 3.63) is 94.1 Å². The maximum absolute atomic E-state index is 13.0. The van der Waals surface area contributed by atoms with Crippen LogP contribution in [0.3, 0.4) is 0 Å². The number of carbonyl (C=O) groups excluding carboxylic acids is 1. The van der Waals surface area contributed by atoms with Gasteiger partial charge in [0.15, 0.2) is 11.0 Å². The highest BCUT2D eigenvalue weighted by Crippen LogP contribution is 2.25. The topological polar surface area (TPSA) is 96.0 Å². The molecule has 9 nitrogen and oxygen atoms in total. The molecule has 0 fully saturated rings. The van der Waals surface area contributed by atoms with Crippen LogP contribution in [0.1, 0.15) is 11.5 Å². The zero-order chi connectivity index (χ0) is 25.7. The second-order valence-corrected chi connectivity index (χ2v) is 9.14. The van der Waals surface area contributed by atoms with Crippen LogP contribution in [0.5, 0.6) is 5.75 Å². The van der Waals surface area contributed by atoms with Crippen LogP contribution in [0.2, 0.25) is 5.02 Å². The van der Waals surface area contributed by atoms with Crippen molar-refractivity contribution in [1.82, 2.24) is 24.1 Å². The van der Waals surface area contributed by atoms with Gasteiger partial charge in [0, 0.05) is 13.6 Å². The number of ether oxygens (including phenoxy) is 1. The van der Waals surface area contributed by atoms with Gasteiger partial charge in [0.2, 0.25) is 5.91 Å². The first-order valence-corrected chi connectivity index (χ1v) is 12.4. The monoisotopic (exact) mass is 524 g/mol. The summed E-state index contributed by atoms with van der Waals surface area (Å²) in [5, 5.41) is 12.2. The summed E-state index contributed by atoms with van der Waals surface area (Å²) in [6, 6.07) is 16.4. The molecule has 2 aromatic carbocycles. The van der Waals surface area contributed by atoms with E-state index in [0.29, 0.717) is 39.7 Å². The average molecular weight is 525 g/mol. The lowest BCUT2D eigenvalue weighted by molar-refractivity contribution is -0.113. The number of carbonyl (C=O) groups is 1. The predicted molar refractivity (Wildman–Crippen MR) is 141 cm³/mol. The molecule has 0 spiro atoms. The van der Waals surface area contributed by atoms with Crippen molar-refractivity contribution >= 4 is 35.0 Å². The highest BCUT2D eigenvalue weighted by molar-refractivity contribution is 7.99. The van der Waals surface area contributed by atoms with E-state index in [1.807, 2.05) is 47.0 Å². The Kier molecular flexibility index (Phi) is 7.97. The first kappa shape index (κ1) is 25.3. The Bertz CT molecular complexity index is 1440. The van der Waals surface area contributed by atoms with Crippen molar-refractivity contribution in [3.8, 4) is 11.4 Å². The van der Waals surface area contributed by atoms with E-state index in [1.54, 1.807) is 36.9 Å². The smallest absolute Gasteiger partial charge is 0.295 e. The van der Waals surface area contributed by atoms with Gasteiger partial charge >= 0.3 is 0 Å². The summed E-state index contributed by atoms with van der Waals surface area (Å²) in [5.41, 5.74) is 1.31. The fourth-order valence-electron chi connectivity index (χ4n) is 3.57. The molecule has 36 heavy (non-hydrogen) atoms. The standard InChI is InChI=1S/C25H25ClN6O3S/c1-4-14-31-21(15-35-20-13-9-8-12-19(20)26)28-29-25(31)36-16-22(33)27-23-17(2)30(3)32(24(23)34)18-10-6-5-7-11-18/h4-13H,1,14-16H2,2-3H3,(H,27,33). The highest BCUT2D eigenvalue weighted by Gasteiger charge is 2.19. The predicted octanol–water partition coefficient (Wildman–Crippen LogP) is 4.23. The Morgan fingerprint density at radius 3 is 2.61 bits per heavy atom. The van der Waals surface area contributed by atoms with Gasteiger partial charge in [0.25, 0.3) is 5.56 Å². The maximum atomic E-state index is 13.0. The summed E-state index contributed by atoms with van der Waals surface area (Å²) < 4.78 is 10.8. The molecule has 0 aliphatic heterocycles. The fourth-order valence-corrected chi connectivity index (χ4v) is 4.52. The molecule has 0 atom stereocenters. The van der Waals surface area contributed by atoms with Crippen LogP contribution in [0, 0.1) is 6.92 Å². The normalized spacial score (nSPS) is 10.9. The molecule has 0 bridgehead atoms. The SMILES string of the molecule is C=CCn1c(COc2ccccc2Cl)nnc1SCC(=O)Nc1c(C)n(C)n(-c2ccccc2)c1=O. The Hall–Kier alpha value is -3.76. The zero-order valence-corrected chi connectivity index (χ0v) is 21.4. The maximum Gasteiger partial charge on any atom is 0.295 e. The summed E-state index contributed by atoms with van der Waals surface area (Å²) >= 11 is 7.37. The summed E-state index contributed by atoms with van der Waals surface area (Å²) in [5.74, 6) is 0.829. The zero-order valence-electron chi connectivity index (χ0n) is 19.8. The van der Waals surface area contributed by atoms with Crippen LogP contribution < -0.4 is 15.6 Å². The largest absolute Gasteiger partial charge is 0.484 e. The second kappa shape index (κ2) is 11.3. The van der Waals surface area contributed by atoms with Gasteiger partial charge in [-0.05, 0) is 31.2 Å². The number of allylic oxidation sites excluding steroid dienone is 1. The highest BCUT2D eigenvalue weighted by atomic mass is 35.5. The summed E-state index contributed by atoms with van der Waals surface area (Å²) in [7, 11) is 1.78. The van der Waals surface area contributed by atoms with Gasteiger partial charge in [0.1, 0.15) is 18.0 Å². The van der Waals surface area contributed by atoms with E-state index in [0.717, 1.165) is 0 Å². The Labute approximate surface area is 217 Å². The van der Waals surface area contributed by atoms with Crippen molar-refractivity contribution in [2.75, 3.05) is 11.1 Å². The summed E-state index contributed by atoms with van der Waals surface area (Å²) in [6.45, 7) is 6.17. The van der Waals surface area contributed by atoms with Crippen molar-refractivity contribution < 1.29 is 9.53 Å². The van der Waals surface area contributed by atoms with Crippen molar-refractivity contribution in [1.29, 1.82) is 0 Å². The number of benzene rings is 2. The van der Waals surface area contributed by atoms with E-state index < -0.39 is 0 Å². The summed E-state index contributed by atoms with van der Waals surface area (Å²) in [6.07, 6.45) is 1.71. The minimum Gasteiger partial charge on any atom is -0.484 e. The molecule has 0 saturated heterocycles. The molecule has 0 aliphatic carbocycles. The molecule has 4 aromatic rings. The average Bonchev–Trinajstić information content (AvgIpc) is 3.36. The molecule has 1 N–H and O–H groups in total. The van der Waals surface area contributed by atoms with E-state index in [4.69, 9.17) is 16.3 Å². The molecule has 0 aliphatic rings. The van der Waals surface area contributed by atoms with Crippen LogP contribution >= 0.6 is 23.4 Å². The molecule has 11 heteroatoms. The number of halogens is 1. The lowest BCUT2D eigenvalue weighted by Crippen LogP contribution is -2.23. The van der Waals surface area contributed by atoms with Gasteiger partial charge in [-0.3, -0.25) is 18.8 Å². The van der Waals surface area contributed by atoms with Gasteiger partial charge in [-0.1, -0.05) is 59.8 Å². The Morgan fingerprint density at radius 1 is 1.17 bits per heavy atom. The minimum atomic E-state index is -0.326. The van der Waals surface area contributed by atoms with Crippen LogP contribution in [0.15, 0.2) is 77.2 Å². The third-order valence-electron chi connectivity index (χ3n) is 5.45. The number of anilines is 1. The first-order valence-electron chi connectivity index (χ1n) is 11.1. The minimum absolute atomic E-state index is 0.0414. The van der Waals surface area contributed by atoms with Crippen LogP contribution in [0.4, 0.5) is 5.69 Å². The molecule has 0 saturated carbocycles. The number of nitrogens with one attached hydrogen (secondary N) is 1. The number of amides is 1. The van der Waals surface area contributed by atoms with Gasteiger partial charge in [0.05, 0.1) is 22.2 Å². The molecule has 2 aromatic heterocycles. The van der Waals surface area contributed by atoms with Gasteiger partial charge in [-0.2, -0.15) is 0 Å². The molecule has 0 unspecified atom stereocenters. The third kappa shape index (κ3) is 5.39. The van der Waals surface area contributed by atoms with Gasteiger partial charge in [-0.15, -0.1) is 16.8 Å². The Balaban J connectivity index is 1.45. The molecule has 186 valence electrons. The van der Waals surface area contributed by atoms with Crippen LogP contribution in [0.25, 0.3) is 5.69 Å². The van der Waals surface area contributed by atoms with Crippen molar-refractivity contribution in [2.24, 2.45) is 7.05 Å². The Morgan fingerprint density at radius 2 is 1.89 bits per heavy atom. The second-order valence-electron chi connectivity index (χ2n) is 7.79. The van der Waals surface area contributed by atoms with Crippen molar-refractivity contribution in [2.45, 2.75) is 25.2 Å². The number of rotatable bonds is 10. The lowest BCUT2D eigenvalue weighted by atomic mass is 10.3. The first-order chi connectivity index (χ1) is 17.4. The van der Waals surface area contributed by atoms with E-state index in [9.17, 15) is 9.59 Å². The van der Waals surface area contributed by atoms with E-state index in [1.165, 1.54) is 16.4 Å². The van der Waals surface area contributed by atoms with E-state index >= 15 is 0 Å². The molecule has 2 heterocycles. The molecular formula is C25H25ClN6O3S. The van der Waals surface area contributed by atoms with Gasteiger partial charge < -0.3 is 10.1 Å². The molecule has 4 rings (SSSR count). The van der Waals surface area contributed by atoms with Gasteiger partial charge in [-0.25, -0.2) is 4.68 Å². The molecule has 0 radical (unpaired) electrons. The van der Waals surface area contributed by atoms with Crippen LogP contribution in [-0.4, -0.2) is 35.8 Å². The van der Waals surface area contributed by atoms with Crippen LogP contribution in [-0.2, 0) is 25.0 Å². The quantitative estimate of drug-likeness (QED) is 0.246. The number of thioether (sulfide) groups is 1. The third-order valence-corrected chi connectivity index (χ3v) is 6.73. The lowest BCUT2D eigenvalue weighted by Gasteiger charge is -2.10. The number of nitrogens with zero attached hydrogens (tertiary/aromatic N) is 5.